The highest BCUT2D eigenvalue weighted by molar-refractivity contribution is 8.00. The van der Waals surface area contributed by atoms with Crippen LogP contribution in [0.4, 0.5) is 0 Å². The van der Waals surface area contributed by atoms with Crippen molar-refractivity contribution in [1.82, 2.24) is 0 Å². The van der Waals surface area contributed by atoms with Crippen LogP contribution in [0, 0.1) is 41.4 Å². The molecule has 25 heavy (non-hydrogen) atoms. The second-order valence-electron chi connectivity index (χ2n) is 9.12. The van der Waals surface area contributed by atoms with Gasteiger partial charge in [-0.3, -0.25) is 4.79 Å². The molecule has 0 aromatic rings. The molecule has 0 spiro atoms. The maximum atomic E-state index is 11.8. The summed E-state index contributed by atoms with van der Waals surface area (Å²) in [7, 11) is 0. The van der Waals surface area contributed by atoms with E-state index >= 15 is 0 Å². The summed E-state index contributed by atoms with van der Waals surface area (Å²) < 4.78 is 0.0668. The van der Waals surface area contributed by atoms with Crippen molar-refractivity contribution >= 4 is 17.5 Å². The van der Waals surface area contributed by atoms with Gasteiger partial charge in [0.15, 0.2) is 5.78 Å². The third-order valence-electron chi connectivity index (χ3n) is 8.21. The Bertz CT molecular complexity index is 628. The molecule has 4 aliphatic rings. The predicted octanol–water partition coefficient (Wildman–Crippen LogP) is 5.64. The number of thioether (sulfide) groups is 1. The van der Waals surface area contributed by atoms with E-state index in [1.165, 1.54) is 49.9 Å². The van der Waals surface area contributed by atoms with Gasteiger partial charge in [-0.25, -0.2) is 0 Å². The zero-order valence-electron chi connectivity index (χ0n) is 15.9. The quantitative estimate of drug-likeness (QED) is 0.608. The molecule has 0 N–H and O–H groups in total. The molecule has 4 unspecified atom stereocenters. The molecular weight excluding hydrogens is 324 g/mol. The number of hydrogen-bond donors (Lipinski definition) is 0. The Labute approximate surface area is 157 Å². The molecule has 0 aromatic heterocycles. The lowest BCUT2D eigenvalue weighted by atomic mass is 9.51. The number of carbonyl (C=O) groups excluding carboxylic acids is 1. The van der Waals surface area contributed by atoms with E-state index < -0.39 is 0 Å². The van der Waals surface area contributed by atoms with Gasteiger partial charge in [0, 0.05) is 6.42 Å². The van der Waals surface area contributed by atoms with Crippen LogP contribution in [0.25, 0.3) is 0 Å². The average molecular weight is 357 g/mol. The lowest BCUT2D eigenvalue weighted by Gasteiger charge is -2.55. The molecular formula is C23H32OS. The standard InChI is InChI=1S/C23H32OS/c1-4-14-25-23(5-2)13-11-21-20-8-6-16-15-17(24)7-9-18(16)19(20)10-12-22(21,23)3/h2,15,18-21H,4,6-14H2,1,3H3/t18?,19?,20?,21?,22-,23+/m0/s1. The van der Waals surface area contributed by atoms with Crippen LogP contribution in [0.1, 0.15) is 71.6 Å². The van der Waals surface area contributed by atoms with Gasteiger partial charge in [-0.1, -0.05) is 25.3 Å². The highest BCUT2D eigenvalue weighted by atomic mass is 32.2. The highest BCUT2D eigenvalue weighted by Crippen LogP contribution is 2.67. The van der Waals surface area contributed by atoms with Crippen molar-refractivity contribution < 1.29 is 4.79 Å². The highest BCUT2D eigenvalue weighted by Gasteiger charge is 2.62. The maximum absolute atomic E-state index is 11.8. The van der Waals surface area contributed by atoms with Gasteiger partial charge >= 0.3 is 0 Å². The molecule has 0 heterocycles. The maximum Gasteiger partial charge on any atom is 0.155 e. The summed E-state index contributed by atoms with van der Waals surface area (Å²) >= 11 is 2.09. The van der Waals surface area contributed by atoms with Crippen molar-refractivity contribution in [2.45, 2.75) is 76.4 Å². The second-order valence-corrected chi connectivity index (χ2v) is 10.5. The van der Waals surface area contributed by atoms with Crippen molar-refractivity contribution in [3.8, 4) is 12.3 Å². The topological polar surface area (TPSA) is 17.1 Å². The lowest BCUT2D eigenvalue weighted by Crippen LogP contribution is -2.51. The molecule has 3 fully saturated rings. The normalized spacial score (nSPS) is 45.8. The van der Waals surface area contributed by atoms with Gasteiger partial charge in [0.05, 0.1) is 4.75 Å². The minimum Gasteiger partial charge on any atom is -0.295 e. The van der Waals surface area contributed by atoms with Crippen molar-refractivity contribution in [3.05, 3.63) is 11.6 Å². The summed E-state index contributed by atoms with van der Waals surface area (Å²) in [5.74, 6) is 8.03. The molecule has 136 valence electrons. The number of ketones is 1. The van der Waals surface area contributed by atoms with Crippen molar-refractivity contribution in [3.63, 3.8) is 0 Å². The molecule has 4 aliphatic carbocycles. The van der Waals surface area contributed by atoms with Crippen LogP contribution in [-0.4, -0.2) is 16.3 Å². The largest absolute Gasteiger partial charge is 0.295 e. The van der Waals surface area contributed by atoms with Crippen LogP contribution in [0.2, 0.25) is 0 Å². The van der Waals surface area contributed by atoms with E-state index in [9.17, 15) is 4.79 Å². The first kappa shape index (κ1) is 17.7. The molecule has 0 radical (unpaired) electrons. The Morgan fingerprint density at radius 1 is 1.20 bits per heavy atom. The van der Waals surface area contributed by atoms with Gasteiger partial charge in [-0.2, -0.15) is 0 Å². The van der Waals surface area contributed by atoms with E-state index in [0.29, 0.717) is 17.1 Å². The minimum absolute atomic E-state index is 0.0668. The predicted molar refractivity (Wildman–Crippen MR) is 106 cm³/mol. The summed E-state index contributed by atoms with van der Waals surface area (Å²) in [6, 6.07) is 0. The first-order chi connectivity index (χ1) is 12.0. The molecule has 6 atom stereocenters. The van der Waals surface area contributed by atoms with Gasteiger partial charge in [-0.05, 0) is 92.3 Å². The number of rotatable bonds is 3. The monoisotopic (exact) mass is 356 g/mol. The first-order valence-electron chi connectivity index (χ1n) is 10.4. The van der Waals surface area contributed by atoms with Crippen LogP contribution in [-0.2, 0) is 4.79 Å². The van der Waals surface area contributed by atoms with Crippen LogP contribution >= 0.6 is 11.8 Å². The second kappa shape index (κ2) is 6.49. The minimum atomic E-state index is 0.0668. The van der Waals surface area contributed by atoms with E-state index in [1.54, 1.807) is 0 Å². The van der Waals surface area contributed by atoms with Crippen LogP contribution in [0.5, 0.6) is 0 Å². The Kier molecular flexibility index (Phi) is 4.60. The Morgan fingerprint density at radius 2 is 2.04 bits per heavy atom. The van der Waals surface area contributed by atoms with Gasteiger partial charge in [-0.15, -0.1) is 18.2 Å². The third-order valence-corrected chi connectivity index (χ3v) is 10.1. The molecule has 0 aliphatic heterocycles. The SMILES string of the molecule is C#C[C@@]1(SCCC)CCC2C3CCC4=CC(=O)CCC4C3CC[C@@]21C. The van der Waals surface area contributed by atoms with E-state index in [-0.39, 0.29) is 4.75 Å². The Hall–Kier alpha value is -0.680. The molecule has 0 saturated heterocycles. The Morgan fingerprint density at radius 3 is 2.80 bits per heavy atom. The van der Waals surface area contributed by atoms with Crippen molar-refractivity contribution in [2.75, 3.05) is 5.75 Å². The van der Waals surface area contributed by atoms with Crippen LogP contribution < -0.4 is 0 Å². The first-order valence-corrected chi connectivity index (χ1v) is 11.4. The van der Waals surface area contributed by atoms with Crippen molar-refractivity contribution in [2.24, 2.45) is 29.1 Å². The summed E-state index contributed by atoms with van der Waals surface area (Å²) in [6.07, 6.45) is 18.9. The number of hydrogen-bond acceptors (Lipinski definition) is 2. The lowest BCUT2D eigenvalue weighted by molar-refractivity contribution is -0.116. The van der Waals surface area contributed by atoms with E-state index in [2.05, 4.69) is 31.5 Å². The number of carbonyl (C=O) groups is 1. The van der Waals surface area contributed by atoms with Gasteiger partial charge in [0.2, 0.25) is 0 Å². The fourth-order valence-corrected chi connectivity index (χ4v) is 8.45. The molecule has 2 heteroatoms. The van der Waals surface area contributed by atoms with Crippen LogP contribution in [0.15, 0.2) is 11.6 Å². The fraction of sp³-hybridized carbons (Fsp3) is 0.783. The molecule has 3 saturated carbocycles. The van der Waals surface area contributed by atoms with E-state index in [0.717, 1.165) is 37.0 Å². The number of fused-ring (bicyclic) bond motifs is 5. The summed E-state index contributed by atoms with van der Waals surface area (Å²) in [6.45, 7) is 4.79. The molecule has 0 aromatic carbocycles. The molecule has 4 rings (SSSR count). The summed E-state index contributed by atoms with van der Waals surface area (Å²) in [4.78, 5) is 11.8. The smallest absolute Gasteiger partial charge is 0.155 e. The molecule has 1 nitrogen and oxygen atoms in total. The molecule has 0 bridgehead atoms. The van der Waals surface area contributed by atoms with Crippen LogP contribution in [0.3, 0.4) is 0 Å². The van der Waals surface area contributed by atoms with E-state index in [1.807, 2.05) is 6.08 Å². The summed E-state index contributed by atoms with van der Waals surface area (Å²) in [5, 5.41) is 0. The van der Waals surface area contributed by atoms with Gasteiger partial charge in [0.1, 0.15) is 0 Å². The van der Waals surface area contributed by atoms with Gasteiger partial charge in [0.25, 0.3) is 0 Å². The number of allylic oxidation sites excluding steroid dienone is 1. The zero-order valence-corrected chi connectivity index (χ0v) is 16.7. The average Bonchev–Trinajstić information content (AvgIpc) is 2.92. The fourth-order valence-electron chi connectivity index (χ4n) is 6.97. The van der Waals surface area contributed by atoms with Gasteiger partial charge < -0.3 is 0 Å². The summed E-state index contributed by atoms with van der Waals surface area (Å²) in [5.41, 5.74) is 1.80. The molecule has 0 amide bonds. The third kappa shape index (κ3) is 2.56. The Balaban J connectivity index is 1.61. The number of terminal acetylenes is 1. The van der Waals surface area contributed by atoms with Crippen molar-refractivity contribution in [1.29, 1.82) is 0 Å². The van der Waals surface area contributed by atoms with E-state index in [4.69, 9.17) is 6.42 Å². The zero-order chi connectivity index (χ0) is 17.7.